The van der Waals surface area contributed by atoms with Crippen LogP contribution in [-0.2, 0) is 11.3 Å². The molecular formula is C16H21N5O2S. The molecule has 7 nitrogen and oxygen atoms in total. The van der Waals surface area contributed by atoms with Gasteiger partial charge in [0.2, 0.25) is 11.1 Å². The number of tetrazole rings is 1. The molecule has 128 valence electrons. The lowest BCUT2D eigenvalue weighted by Crippen LogP contribution is -2.28. The Hall–Kier alpha value is -2.09. The third-order valence-corrected chi connectivity index (χ3v) is 4.87. The summed E-state index contributed by atoms with van der Waals surface area (Å²) in [5.41, 5.74) is 2.14. The van der Waals surface area contributed by atoms with Gasteiger partial charge >= 0.3 is 0 Å². The minimum absolute atomic E-state index is 0.0360. The van der Waals surface area contributed by atoms with Crippen LogP contribution in [0.2, 0.25) is 0 Å². The Morgan fingerprint density at radius 2 is 2.25 bits per heavy atom. The molecule has 1 aliphatic carbocycles. The van der Waals surface area contributed by atoms with Gasteiger partial charge in [0, 0.05) is 19.2 Å². The number of carbonyl (C=O) groups excluding carboxylic acids is 1. The summed E-state index contributed by atoms with van der Waals surface area (Å²) in [7, 11) is 3.44. The number of benzene rings is 1. The Balaban J connectivity index is 1.58. The highest BCUT2D eigenvalue weighted by molar-refractivity contribution is 7.99. The number of hydrogen-bond acceptors (Lipinski definition) is 6. The first-order chi connectivity index (χ1) is 11.6. The first-order valence-electron chi connectivity index (χ1n) is 7.86. The molecule has 0 N–H and O–H groups in total. The topological polar surface area (TPSA) is 73.1 Å². The number of thioether (sulfide) groups is 1. The lowest BCUT2D eigenvalue weighted by molar-refractivity contribution is -0.127. The van der Waals surface area contributed by atoms with Crippen LogP contribution in [0.15, 0.2) is 23.4 Å². The van der Waals surface area contributed by atoms with Crippen molar-refractivity contribution in [1.82, 2.24) is 25.1 Å². The van der Waals surface area contributed by atoms with Gasteiger partial charge in [0.15, 0.2) is 0 Å². The van der Waals surface area contributed by atoms with E-state index in [1.54, 1.807) is 19.1 Å². The summed E-state index contributed by atoms with van der Waals surface area (Å²) < 4.78 is 7.20. The fourth-order valence-corrected chi connectivity index (χ4v) is 3.32. The smallest absolute Gasteiger partial charge is 0.233 e. The molecule has 0 unspecified atom stereocenters. The van der Waals surface area contributed by atoms with E-state index in [9.17, 15) is 4.79 Å². The Morgan fingerprint density at radius 3 is 2.96 bits per heavy atom. The van der Waals surface area contributed by atoms with Gasteiger partial charge in [0.25, 0.3) is 0 Å². The SMILES string of the molecule is COc1ccc(C)cc1CN(C)C(=O)CSc1nnnn1C1CC1. The van der Waals surface area contributed by atoms with E-state index < -0.39 is 0 Å². The largest absolute Gasteiger partial charge is 0.496 e. The van der Waals surface area contributed by atoms with Crippen molar-refractivity contribution in [2.24, 2.45) is 0 Å². The van der Waals surface area contributed by atoms with E-state index in [0.717, 1.165) is 29.7 Å². The highest BCUT2D eigenvalue weighted by Gasteiger charge is 2.28. The number of nitrogens with zero attached hydrogens (tertiary/aromatic N) is 5. The van der Waals surface area contributed by atoms with Crippen molar-refractivity contribution in [3.63, 3.8) is 0 Å². The third-order valence-electron chi connectivity index (χ3n) is 3.95. The van der Waals surface area contributed by atoms with E-state index in [4.69, 9.17) is 4.74 Å². The first-order valence-corrected chi connectivity index (χ1v) is 8.85. The molecule has 0 spiro atoms. The van der Waals surface area contributed by atoms with Crippen LogP contribution in [0, 0.1) is 6.92 Å². The third kappa shape index (κ3) is 3.87. The highest BCUT2D eigenvalue weighted by Crippen LogP contribution is 2.36. The summed E-state index contributed by atoms with van der Waals surface area (Å²) in [5, 5.41) is 12.4. The monoisotopic (exact) mass is 347 g/mol. The Bertz CT molecular complexity index is 729. The van der Waals surface area contributed by atoms with E-state index in [-0.39, 0.29) is 5.91 Å². The van der Waals surface area contributed by atoms with E-state index >= 15 is 0 Å². The molecule has 0 radical (unpaired) electrons. The van der Waals surface area contributed by atoms with E-state index in [2.05, 4.69) is 15.5 Å². The normalized spacial score (nSPS) is 13.8. The summed E-state index contributed by atoms with van der Waals surface area (Å²) in [5.74, 6) is 1.15. The fraction of sp³-hybridized carbons (Fsp3) is 0.500. The second-order valence-electron chi connectivity index (χ2n) is 5.99. The molecule has 0 aliphatic heterocycles. The van der Waals surface area contributed by atoms with E-state index in [1.807, 2.05) is 29.8 Å². The minimum atomic E-state index is 0.0360. The van der Waals surface area contributed by atoms with Crippen molar-refractivity contribution in [2.75, 3.05) is 19.9 Å². The van der Waals surface area contributed by atoms with Gasteiger partial charge in [0.1, 0.15) is 5.75 Å². The summed E-state index contributed by atoms with van der Waals surface area (Å²) >= 11 is 1.39. The number of carbonyl (C=O) groups is 1. The molecule has 8 heteroatoms. The number of aryl methyl sites for hydroxylation is 1. The molecule has 1 saturated carbocycles. The van der Waals surface area contributed by atoms with Crippen LogP contribution in [0.4, 0.5) is 0 Å². The quantitative estimate of drug-likeness (QED) is 0.714. The van der Waals surface area contributed by atoms with Crippen LogP contribution < -0.4 is 4.74 Å². The second kappa shape index (κ2) is 7.21. The van der Waals surface area contributed by atoms with Crippen molar-refractivity contribution in [3.8, 4) is 5.75 Å². The predicted octanol–water partition coefficient (Wildman–Crippen LogP) is 2.08. The van der Waals surface area contributed by atoms with Crippen LogP contribution in [0.1, 0.15) is 30.0 Å². The molecule has 1 aliphatic rings. The zero-order valence-electron chi connectivity index (χ0n) is 14.1. The molecule has 3 rings (SSSR count). The molecular weight excluding hydrogens is 326 g/mol. The van der Waals surface area contributed by atoms with Gasteiger partial charge in [-0.2, -0.15) is 0 Å². The number of methoxy groups -OCH3 is 1. The van der Waals surface area contributed by atoms with Crippen molar-refractivity contribution in [1.29, 1.82) is 0 Å². The zero-order chi connectivity index (χ0) is 17.1. The molecule has 2 aromatic rings. The van der Waals surface area contributed by atoms with Gasteiger partial charge < -0.3 is 9.64 Å². The number of aromatic nitrogens is 4. The Kier molecular flexibility index (Phi) is 5.03. The summed E-state index contributed by atoms with van der Waals surface area (Å²) in [6, 6.07) is 6.38. The molecule has 1 aromatic carbocycles. The minimum Gasteiger partial charge on any atom is -0.496 e. The molecule has 24 heavy (non-hydrogen) atoms. The average Bonchev–Trinajstić information content (AvgIpc) is 3.31. The van der Waals surface area contributed by atoms with Gasteiger partial charge in [-0.3, -0.25) is 4.79 Å². The Labute approximate surface area is 145 Å². The maximum absolute atomic E-state index is 12.4. The van der Waals surface area contributed by atoms with Gasteiger partial charge in [-0.1, -0.05) is 29.5 Å². The van der Waals surface area contributed by atoms with Crippen molar-refractivity contribution >= 4 is 17.7 Å². The molecule has 1 heterocycles. The maximum Gasteiger partial charge on any atom is 0.233 e. The van der Waals surface area contributed by atoms with Gasteiger partial charge in [-0.15, -0.1) is 5.10 Å². The molecule has 1 amide bonds. The van der Waals surface area contributed by atoms with Crippen LogP contribution in [0.5, 0.6) is 5.75 Å². The zero-order valence-corrected chi connectivity index (χ0v) is 14.9. The molecule has 0 bridgehead atoms. The van der Waals surface area contributed by atoms with E-state index in [0.29, 0.717) is 23.5 Å². The standard InChI is InChI=1S/C16H21N5O2S/c1-11-4-7-14(23-3)12(8-11)9-20(2)15(22)10-24-16-17-18-19-21(16)13-5-6-13/h4,7-8,13H,5-6,9-10H2,1-3H3. The van der Waals surface area contributed by atoms with Gasteiger partial charge in [-0.25, -0.2) is 4.68 Å². The predicted molar refractivity (Wildman–Crippen MR) is 91.0 cm³/mol. The summed E-state index contributed by atoms with van der Waals surface area (Å²) in [6.07, 6.45) is 2.22. The van der Waals surface area contributed by atoms with Crippen molar-refractivity contribution in [3.05, 3.63) is 29.3 Å². The molecule has 1 aromatic heterocycles. The highest BCUT2D eigenvalue weighted by atomic mass is 32.2. The van der Waals surface area contributed by atoms with E-state index in [1.165, 1.54) is 11.8 Å². The lowest BCUT2D eigenvalue weighted by atomic mass is 10.1. The number of amides is 1. The average molecular weight is 347 g/mol. The van der Waals surface area contributed by atoms with Crippen molar-refractivity contribution < 1.29 is 9.53 Å². The Morgan fingerprint density at radius 1 is 1.46 bits per heavy atom. The van der Waals surface area contributed by atoms with Gasteiger partial charge in [0.05, 0.1) is 18.9 Å². The number of rotatable bonds is 7. The lowest BCUT2D eigenvalue weighted by Gasteiger charge is -2.19. The van der Waals surface area contributed by atoms with Gasteiger partial charge in [-0.05, 0) is 36.3 Å². The second-order valence-corrected chi connectivity index (χ2v) is 6.93. The van der Waals surface area contributed by atoms with Crippen LogP contribution >= 0.6 is 11.8 Å². The maximum atomic E-state index is 12.4. The number of ether oxygens (including phenoxy) is 1. The van der Waals surface area contributed by atoms with Crippen LogP contribution in [0.3, 0.4) is 0 Å². The molecule has 0 saturated heterocycles. The summed E-state index contributed by atoms with van der Waals surface area (Å²) in [4.78, 5) is 14.1. The first kappa shape index (κ1) is 16.8. The number of hydrogen-bond donors (Lipinski definition) is 0. The van der Waals surface area contributed by atoms with Crippen molar-refractivity contribution in [2.45, 2.75) is 37.5 Å². The molecule has 1 fully saturated rings. The van der Waals surface area contributed by atoms with Crippen LogP contribution in [0.25, 0.3) is 0 Å². The summed E-state index contributed by atoms with van der Waals surface area (Å²) in [6.45, 7) is 2.54. The fourth-order valence-electron chi connectivity index (χ4n) is 2.44. The molecule has 0 atom stereocenters. The van der Waals surface area contributed by atoms with Crippen LogP contribution in [-0.4, -0.2) is 50.9 Å².